The van der Waals surface area contributed by atoms with Gasteiger partial charge in [-0.05, 0) is 31.2 Å². The molecular weight excluding hydrogens is 196 g/mol. The molecule has 1 aromatic carbocycles. The van der Waals surface area contributed by atoms with Gasteiger partial charge in [0.25, 0.3) is 0 Å². The van der Waals surface area contributed by atoms with Crippen molar-refractivity contribution in [3.8, 4) is 5.75 Å². The molecule has 2 nitrogen and oxygen atoms in total. The Kier molecular flexibility index (Phi) is 2.77. The van der Waals surface area contributed by atoms with E-state index in [1.54, 1.807) is 19.1 Å². The Labute approximate surface area is 87.6 Å². The molecule has 1 aliphatic rings. The third-order valence-electron chi connectivity index (χ3n) is 2.10. The molecule has 0 radical (unpaired) electrons. The molecule has 0 amide bonds. The second-order valence-electron chi connectivity index (χ2n) is 3.35. The topological polar surface area (TPSA) is 26.3 Å². The Hall–Kier alpha value is -0.960. The van der Waals surface area contributed by atoms with Crippen LogP contribution in [0.15, 0.2) is 24.3 Å². The largest absolute Gasteiger partial charge is 0.492 e. The third kappa shape index (κ3) is 2.51. The van der Waals surface area contributed by atoms with Crippen molar-refractivity contribution in [1.29, 1.82) is 0 Å². The molecule has 2 rings (SSSR count). The minimum Gasteiger partial charge on any atom is -0.492 e. The molecule has 1 atom stereocenters. The normalized spacial score (nSPS) is 19.1. The molecule has 1 aromatic rings. The maximum absolute atomic E-state index is 11.0. The average Bonchev–Trinajstić information content (AvgIpc) is 2.99. The summed E-state index contributed by atoms with van der Waals surface area (Å²) >= 11 is 1.92. The van der Waals surface area contributed by atoms with Crippen LogP contribution in [-0.2, 0) is 0 Å². The molecule has 0 aliphatic carbocycles. The van der Waals surface area contributed by atoms with Gasteiger partial charge in [0.15, 0.2) is 5.78 Å². The monoisotopic (exact) mass is 208 g/mol. The van der Waals surface area contributed by atoms with Crippen molar-refractivity contribution in [2.75, 3.05) is 12.4 Å². The lowest BCUT2D eigenvalue weighted by molar-refractivity contribution is 0.101. The van der Waals surface area contributed by atoms with Gasteiger partial charge in [0.1, 0.15) is 12.4 Å². The molecule has 0 aromatic heterocycles. The summed E-state index contributed by atoms with van der Waals surface area (Å²) in [4.78, 5) is 11.0. The first-order valence-corrected chi connectivity index (χ1v) is 5.66. The van der Waals surface area contributed by atoms with E-state index in [0.717, 1.165) is 17.9 Å². The van der Waals surface area contributed by atoms with E-state index in [2.05, 4.69) is 0 Å². The van der Waals surface area contributed by atoms with E-state index in [-0.39, 0.29) is 5.78 Å². The number of hydrogen-bond donors (Lipinski definition) is 0. The van der Waals surface area contributed by atoms with E-state index in [4.69, 9.17) is 4.74 Å². The van der Waals surface area contributed by atoms with Crippen LogP contribution in [0.5, 0.6) is 5.75 Å². The Bertz CT molecular complexity index is 328. The number of ketones is 1. The lowest BCUT2D eigenvalue weighted by atomic mass is 10.1. The molecule has 1 fully saturated rings. The van der Waals surface area contributed by atoms with Gasteiger partial charge in [-0.1, -0.05) is 0 Å². The van der Waals surface area contributed by atoms with Gasteiger partial charge in [0.2, 0.25) is 0 Å². The zero-order valence-corrected chi connectivity index (χ0v) is 8.84. The number of Topliss-reactive ketones (excluding diaryl/α,β-unsaturated/α-hetero) is 1. The van der Waals surface area contributed by atoms with Crippen LogP contribution in [0.4, 0.5) is 0 Å². The fraction of sp³-hybridized carbons (Fsp3) is 0.364. The number of ether oxygens (including phenoxy) is 1. The molecule has 1 heterocycles. The van der Waals surface area contributed by atoms with Crippen molar-refractivity contribution in [1.82, 2.24) is 0 Å². The van der Waals surface area contributed by atoms with Gasteiger partial charge in [-0.3, -0.25) is 4.79 Å². The van der Waals surface area contributed by atoms with Gasteiger partial charge < -0.3 is 4.74 Å². The van der Waals surface area contributed by atoms with E-state index < -0.39 is 0 Å². The van der Waals surface area contributed by atoms with E-state index in [1.165, 1.54) is 5.75 Å². The van der Waals surface area contributed by atoms with E-state index in [9.17, 15) is 4.79 Å². The average molecular weight is 208 g/mol. The first kappa shape index (κ1) is 9.59. The summed E-state index contributed by atoms with van der Waals surface area (Å²) in [6.45, 7) is 2.35. The first-order valence-electron chi connectivity index (χ1n) is 4.61. The van der Waals surface area contributed by atoms with Gasteiger partial charge in [-0.25, -0.2) is 0 Å². The maximum atomic E-state index is 11.0. The van der Waals surface area contributed by atoms with E-state index >= 15 is 0 Å². The number of benzene rings is 1. The van der Waals surface area contributed by atoms with Crippen molar-refractivity contribution >= 4 is 17.5 Å². The predicted molar refractivity (Wildman–Crippen MR) is 58.2 cm³/mol. The number of hydrogen-bond acceptors (Lipinski definition) is 3. The Morgan fingerprint density at radius 3 is 2.64 bits per heavy atom. The molecule has 1 aliphatic heterocycles. The number of carbonyl (C=O) groups is 1. The summed E-state index contributed by atoms with van der Waals surface area (Å²) in [5.41, 5.74) is 0.734. The summed E-state index contributed by atoms with van der Waals surface area (Å²) in [7, 11) is 0. The molecule has 1 unspecified atom stereocenters. The van der Waals surface area contributed by atoms with Crippen LogP contribution in [0.3, 0.4) is 0 Å². The molecule has 0 saturated carbocycles. The van der Waals surface area contributed by atoms with Crippen molar-refractivity contribution in [2.24, 2.45) is 0 Å². The Balaban J connectivity index is 1.94. The SMILES string of the molecule is CC(=O)c1ccc(OCC2CS2)cc1. The standard InChI is InChI=1S/C11H12O2S/c1-8(12)9-2-4-10(5-3-9)13-6-11-7-14-11/h2-5,11H,6-7H2,1H3. The number of thioether (sulfide) groups is 1. The van der Waals surface area contributed by atoms with Crippen LogP contribution in [-0.4, -0.2) is 23.4 Å². The Morgan fingerprint density at radius 1 is 1.50 bits per heavy atom. The minimum atomic E-state index is 0.0919. The van der Waals surface area contributed by atoms with Crippen LogP contribution < -0.4 is 4.74 Å². The highest BCUT2D eigenvalue weighted by Gasteiger charge is 2.22. The maximum Gasteiger partial charge on any atom is 0.159 e. The second kappa shape index (κ2) is 4.05. The van der Waals surface area contributed by atoms with Crippen molar-refractivity contribution in [2.45, 2.75) is 12.2 Å². The van der Waals surface area contributed by atoms with Crippen molar-refractivity contribution in [3.63, 3.8) is 0 Å². The summed E-state index contributed by atoms with van der Waals surface area (Å²) in [6, 6.07) is 7.31. The lowest BCUT2D eigenvalue weighted by Crippen LogP contribution is -2.03. The van der Waals surface area contributed by atoms with Gasteiger partial charge in [0.05, 0.1) is 0 Å². The molecule has 74 valence electrons. The molecule has 0 N–H and O–H groups in total. The van der Waals surface area contributed by atoms with Gasteiger partial charge in [0, 0.05) is 16.6 Å². The van der Waals surface area contributed by atoms with Crippen LogP contribution in [0, 0.1) is 0 Å². The van der Waals surface area contributed by atoms with Crippen LogP contribution in [0.1, 0.15) is 17.3 Å². The number of rotatable bonds is 4. The van der Waals surface area contributed by atoms with E-state index in [0.29, 0.717) is 5.25 Å². The second-order valence-corrected chi connectivity index (χ2v) is 4.68. The summed E-state index contributed by atoms with van der Waals surface area (Å²) in [5.74, 6) is 2.16. The highest BCUT2D eigenvalue weighted by Crippen LogP contribution is 2.30. The third-order valence-corrected chi connectivity index (χ3v) is 3.04. The molecule has 0 spiro atoms. The molecule has 0 bridgehead atoms. The first-order chi connectivity index (χ1) is 6.75. The summed E-state index contributed by atoms with van der Waals surface area (Å²) in [5, 5.41) is 0.683. The van der Waals surface area contributed by atoms with Gasteiger partial charge >= 0.3 is 0 Å². The van der Waals surface area contributed by atoms with Crippen LogP contribution in [0.25, 0.3) is 0 Å². The smallest absolute Gasteiger partial charge is 0.159 e. The Morgan fingerprint density at radius 2 is 2.14 bits per heavy atom. The summed E-state index contributed by atoms with van der Waals surface area (Å²) in [6.07, 6.45) is 0. The van der Waals surface area contributed by atoms with Gasteiger partial charge in [-0.15, -0.1) is 0 Å². The van der Waals surface area contributed by atoms with Crippen LogP contribution >= 0.6 is 11.8 Å². The van der Waals surface area contributed by atoms with Gasteiger partial charge in [-0.2, -0.15) is 11.8 Å². The molecule has 3 heteroatoms. The van der Waals surface area contributed by atoms with Crippen LogP contribution in [0.2, 0.25) is 0 Å². The fourth-order valence-electron chi connectivity index (χ4n) is 1.14. The zero-order valence-electron chi connectivity index (χ0n) is 8.03. The zero-order chi connectivity index (χ0) is 9.97. The van der Waals surface area contributed by atoms with Crippen molar-refractivity contribution in [3.05, 3.63) is 29.8 Å². The fourth-order valence-corrected chi connectivity index (χ4v) is 1.54. The molecular formula is C11H12O2S. The summed E-state index contributed by atoms with van der Waals surface area (Å²) < 4.78 is 5.53. The highest BCUT2D eigenvalue weighted by molar-refractivity contribution is 8.06. The molecule has 1 saturated heterocycles. The number of carbonyl (C=O) groups excluding carboxylic acids is 1. The minimum absolute atomic E-state index is 0.0919. The quantitative estimate of drug-likeness (QED) is 0.561. The van der Waals surface area contributed by atoms with E-state index in [1.807, 2.05) is 23.9 Å². The lowest BCUT2D eigenvalue weighted by Gasteiger charge is -2.04. The predicted octanol–water partition coefficient (Wildman–Crippen LogP) is 2.38. The molecule has 14 heavy (non-hydrogen) atoms. The van der Waals surface area contributed by atoms with Crippen molar-refractivity contribution < 1.29 is 9.53 Å². The highest BCUT2D eigenvalue weighted by atomic mass is 32.2.